The zero-order chi connectivity index (χ0) is 10.1. The third-order valence-electron chi connectivity index (χ3n) is 2.59. The summed E-state index contributed by atoms with van der Waals surface area (Å²) in [6, 6.07) is 3.30. The quantitative estimate of drug-likeness (QED) is 0.743. The Morgan fingerprint density at radius 1 is 1.50 bits per heavy atom. The van der Waals surface area contributed by atoms with E-state index in [1.54, 1.807) is 6.07 Å². The highest BCUT2D eigenvalue weighted by molar-refractivity contribution is 5.56. The Balaban J connectivity index is 2.41. The number of methoxy groups -OCH3 is 1. The van der Waals surface area contributed by atoms with Crippen molar-refractivity contribution in [2.75, 3.05) is 19.0 Å². The molecule has 14 heavy (non-hydrogen) atoms. The summed E-state index contributed by atoms with van der Waals surface area (Å²) >= 11 is 0. The van der Waals surface area contributed by atoms with Crippen molar-refractivity contribution in [2.45, 2.75) is 13.3 Å². The zero-order valence-corrected chi connectivity index (χ0v) is 8.43. The van der Waals surface area contributed by atoms with E-state index in [2.05, 4.69) is 12.2 Å². The molecule has 1 N–H and O–H groups in total. The first-order valence-corrected chi connectivity index (χ1v) is 4.81. The van der Waals surface area contributed by atoms with E-state index < -0.39 is 0 Å². The van der Waals surface area contributed by atoms with Crippen LogP contribution in [0.3, 0.4) is 0 Å². The number of halogens is 1. The summed E-state index contributed by atoms with van der Waals surface area (Å²) in [4.78, 5) is 0. The lowest BCUT2D eigenvalue weighted by Gasteiger charge is -2.23. The molecular weight excluding hydrogens is 181 g/mol. The summed E-state index contributed by atoms with van der Waals surface area (Å²) in [5.74, 6) is 0.630. The second-order valence-electron chi connectivity index (χ2n) is 3.83. The molecule has 2 rings (SSSR count). The van der Waals surface area contributed by atoms with Crippen molar-refractivity contribution in [3.8, 4) is 5.75 Å². The molecule has 0 spiro atoms. The maximum Gasteiger partial charge on any atom is 0.167 e. The Morgan fingerprint density at radius 2 is 2.29 bits per heavy atom. The van der Waals surface area contributed by atoms with E-state index in [-0.39, 0.29) is 5.82 Å². The first-order valence-electron chi connectivity index (χ1n) is 4.81. The molecule has 1 heterocycles. The number of nitrogens with one attached hydrogen (secondary N) is 1. The first-order chi connectivity index (χ1) is 6.70. The van der Waals surface area contributed by atoms with Crippen LogP contribution in [-0.2, 0) is 6.42 Å². The lowest BCUT2D eigenvalue weighted by atomic mass is 9.95. The maximum absolute atomic E-state index is 13.3. The number of fused-ring (bicyclic) bond motifs is 1. The molecule has 1 aromatic carbocycles. The van der Waals surface area contributed by atoms with Crippen LogP contribution < -0.4 is 10.1 Å². The van der Waals surface area contributed by atoms with Gasteiger partial charge in [-0.05, 0) is 24.0 Å². The largest absolute Gasteiger partial charge is 0.494 e. The fourth-order valence-corrected chi connectivity index (χ4v) is 1.82. The van der Waals surface area contributed by atoms with Gasteiger partial charge in [-0.1, -0.05) is 6.92 Å². The van der Waals surface area contributed by atoms with Gasteiger partial charge in [-0.15, -0.1) is 0 Å². The molecule has 0 aliphatic carbocycles. The third-order valence-corrected chi connectivity index (χ3v) is 2.59. The molecule has 0 aromatic heterocycles. The molecule has 0 radical (unpaired) electrons. The van der Waals surface area contributed by atoms with Gasteiger partial charge in [-0.25, -0.2) is 4.39 Å². The van der Waals surface area contributed by atoms with E-state index in [0.717, 1.165) is 24.2 Å². The van der Waals surface area contributed by atoms with E-state index in [9.17, 15) is 4.39 Å². The van der Waals surface area contributed by atoms with E-state index >= 15 is 0 Å². The minimum Gasteiger partial charge on any atom is -0.494 e. The van der Waals surface area contributed by atoms with Crippen LogP contribution >= 0.6 is 0 Å². The van der Waals surface area contributed by atoms with E-state index in [1.807, 2.05) is 0 Å². The van der Waals surface area contributed by atoms with Crippen molar-refractivity contribution < 1.29 is 9.13 Å². The lowest BCUT2D eigenvalue weighted by molar-refractivity contribution is 0.385. The molecule has 1 aromatic rings. The first kappa shape index (κ1) is 9.31. The summed E-state index contributed by atoms with van der Waals surface area (Å²) in [6.45, 7) is 3.09. The minimum atomic E-state index is -0.298. The van der Waals surface area contributed by atoms with Crippen LogP contribution in [0.1, 0.15) is 12.5 Å². The van der Waals surface area contributed by atoms with Gasteiger partial charge < -0.3 is 10.1 Å². The molecule has 1 aliphatic heterocycles. The van der Waals surface area contributed by atoms with Crippen molar-refractivity contribution in [3.63, 3.8) is 0 Å². The SMILES string of the molecule is COc1cc2c(cc1F)NCC(C)C2. The smallest absolute Gasteiger partial charge is 0.167 e. The summed E-state index contributed by atoms with van der Waals surface area (Å²) in [5, 5.41) is 3.21. The third kappa shape index (κ3) is 1.54. The van der Waals surface area contributed by atoms with Crippen LogP contribution in [0, 0.1) is 11.7 Å². The van der Waals surface area contributed by atoms with Crippen molar-refractivity contribution in [2.24, 2.45) is 5.92 Å². The maximum atomic E-state index is 13.3. The molecule has 76 valence electrons. The van der Waals surface area contributed by atoms with Crippen LogP contribution in [0.5, 0.6) is 5.75 Å². The Hall–Kier alpha value is -1.25. The Kier molecular flexibility index (Phi) is 2.32. The monoisotopic (exact) mass is 195 g/mol. The molecule has 0 amide bonds. The van der Waals surface area contributed by atoms with Gasteiger partial charge in [0, 0.05) is 18.3 Å². The highest BCUT2D eigenvalue weighted by Gasteiger charge is 2.17. The second-order valence-corrected chi connectivity index (χ2v) is 3.83. The topological polar surface area (TPSA) is 21.3 Å². The second kappa shape index (κ2) is 3.48. The summed E-state index contributed by atoms with van der Waals surface area (Å²) < 4.78 is 18.3. The molecule has 0 bridgehead atoms. The molecule has 3 heteroatoms. The van der Waals surface area contributed by atoms with Crippen LogP contribution in [0.25, 0.3) is 0 Å². The molecule has 2 nitrogen and oxygen atoms in total. The normalized spacial score (nSPS) is 19.8. The Bertz CT molecular complexity index is 351. The number of anilines is 1. The van der Waals surface area contributed by atoms with E-state index in [0.29, 0.717) is 11.7 Å². The van der Waals surface area contributed by atoms with Gasteiger partial charge in [-0.2, -0.15) is 0 Å². The molecule has 1 aliphatic rings. The Labute approximate surface area is 83.1 Å². The number of rotatable bonds is 1. The van der Waals surface area contributed by atoms with Crippen molar-refractivity contribution in [1.82, 2.24) is 0 Å². The lowest BCUT2D eigenvalue weighted by Crippen LogP contribution is -2.20. The number of benzene rings is 1. The minimum absolute atomic E-state index is 0.298. The number of ether oxygens (including phenoxy) is 1. The summed E-state index contributed by atoms with van der Waals surface area (Å²) in [5.41, 5.74) is 2.04. The van der Waals surface area contributed by atoms with Crippen LogP contribution in [0.15, 0.2) is 12.1 Å². The van der Waals surface area contributed by atoms with Gasteiger partial charge in [0.05, 0.1) is 7.11 Å². The molecule has 0 fully saturated rings. The predicted octanol–water partition coefficient (Wildman–Crippen LogP) is 2.44. The average Bonchev–Trinajstić information content (AvgIpc) is 2.17. The highest BCUT2D eigenvalue weighted by atomic mass is 19.1. The highest BCUT2D eigenvalue weighted by Crippen LogP contribution is 2.30. The van der Waals surface area contributed by atoms with E-state index in [4.69, 9.17) is 4.74 Å². The van der Waals surface area contributed by atoms with Crippen molar-refractivity contribution >= 4 is 5.69 Å². The summed E-state index contributed by atoms with van der Waals surface area (Å²) in [6.07, 6.45) is 0.985. The van der Waals surface area contributed by atoms with Gasteiger partial charge in [0.25, 0.3) is 0 Å². The fourth-order valence-electron chi connectivity index (χ4n) is 1.82. The van der Waals surface area contributed by atoms with Gasteiger partial charge in [0.2, 0.25) is 0 Å². The predicted molar refractivity (Wildman–Crippen MR) is 54.3 cm³/mol. The number of hydrogen-bond donors (Lipinski definition) is 1. The van der Waals surface area contributed by atoms with Crippen LogP contribution in [-0.4, -0.2) is 13.7 Å². The molecule has 0 saturated heterocycles. The molecule has 0 saturated carbocycles. The Morgan fingerprint density at radius 3 is 3.00 bits per heavy atom. The zero-order valence-electron chi connectivity index (χ0n) is 8.43. The van der Waals surface area contributed by atoms with Crippen LogP contribution in [0.2, 0.25) is 0 Å². The van der Waals surface area contributed by atoms with Gasteiger partial charge in [0.1, 0.15) is 0 Å². The number of hydrogen-bond acceptors (Lipinski definition) is 2. The van der Waals surface area contributed by atoms with Gasteiger partial charge in [-0.3, -0.25) is 0 Å². The molecule has 1 unspecified atom stereocenters. The van der Waals surface area contributed by atoms with Crippen molar-refractivity contribution in [3.05, 3.63) is 23.5 Å². The molecule has 1 atom stereocenters. The van der Waals surface area contributed by atoms with Crippen molar-refractivity contribution in [1.29, 1.82) is 0 Å². The van der Waals surface area contributed by atoms with Gasteiger partial charge in [0.15, 0.2) is 11.6 Å². The fraction of sp³-hybridized carbons (Fsp3) is 0.455. The standard InChI is InChI=1S/C11H14FNO/c1-7-3-8-4-11(14-2)9(12)5-10(8)13-6-7/h4-5,7,13H,3,6H2,1-2H3. The van der Waals surface area contributed by atoms with E-state index in [1.165, 1.54) is 13.2 Å². The molecular formula is C11H14FNO. The van der Waals surface area contributed by atoms with Gasteiger partial charge >= 0.3 is 0 Å². The van der Waals surface area contributed by atoms with Crippen LogP contribution in [0.4, 0.5) is 10.1 Å². The summed E-state index contributed by atoms with van der Waals surface area (Å²) in [7, 11) is 1.49. The average molecular weight is 195 g/mol.